The van der Waals surface area contributed by atoms with Crippen LogP contribution in [0.1, 0.15) is 5.82 Å². The lowest BCUT2D eigenvalue weighted by Crippen LogP contribution is -2.05. The second kappa shape index (κ2) is 1.81. The molecule has 0 aliphatic carbocycles. The molecule has 0 bridgehead atoms. The molecule has 0 fully saturated rings. The lowest BCUT2D eigenvalue weighted by atomic mass is 10.7. The fourth-order valence-electron chi connectivity index (χ4n) is 0.463. The Kier molecular flexibility index (Phi) is 1.15. The zero-order valence-corrected chi connectivity index (χ0v) is 4.83. The van der Waals surface area contributed by atoms with E-state index in [-0.39, 0.29) is 0 Å². The summed E-state index contributed by atoms with van der Waals surface area (Å²) >= 11 is 0. The molecule has 1 aromatic heterocycles. The molecule has 44 valence electrons. The number of aryl methyl sites for hydroxylation is 1. The van der Waals surface area contributed by atoms with Gasteiger partial charge in [0.2, 0.25) is 0 Å². The standard InChI is InChI=1S/C4H7N3O/c1-4-6-5-3-7(4)8-2/h3H,1-2H3. The number of nitrogens with zero attached hydrogens (tertiary/aromatic N) is 3. The summed E-state index contributed by atoms with van der Waals surface area (Å²) < 4.78 is 1.49. The van der Waals surface area contributed by atoms with Gasteiger partial charge in [-0.25, -0.2) is 0 Å². The largest absolute Gasteiger partial charge is 0.414 e. The summed E-state index contributed by atoms with van der Waals surface area (Å²) in [4.78, 5) is 4.78. The first-order chi connectivity index (χ1) is 3.84. The van der Waals surface area contributed by atoms with E-state index >= 15 is 0 Å². The van der Waals surface area contributed by atoms with Gasteiger partial charge >= 0.3 is 0 Å². The molecule has 0 saturated heterocycles. The summed E-state index contributed by atoms with van der Waals surface area (Å²) in [7, 11) is 1.57. The van der Waals surface area contributed by atoms with E-state index in [9.17, 15) is 0 Å². The smallest absolute Gasteiger partial charge is 0.166 e. The average Bonchev–Trinajstić information content (AvgIpc) is 2.14. The minimum Gasteiger partial charge on any atom is -0.414 e. The van der Waals surface area contributed by atoms with E-state index in [0.29, 0.717) is 0 Å². The normalized spacial score (nSPS) is 9.25. The van der Waals surface area contributed by atoms with Crippen molar-refractivity contribution in [3.05, 3.63) is 12.2 Å². The molecule has 0 aliphatic heterocycles. The van der Waals surface area contributed by atoms with Gasteiger partial charge in [-0.1, -0.05) is 0 Å². The molecule has 0 N–H and O–H groups in total. The Balaban J connectivity index is 2.92. The highest BCUT2D eigenvalue weighted by molar-refractivity contribution is 4.74. The van der Waals surface area contributed by atoms with Crippen molar-refractivity contribution in [3.63, 3.8) is 0 Å². The van der Waals surface area contributed by atoms with Crippen LogP contribution >= 0.6 is 0 Å². The van der Waals surface area contributed by atoms with Gasteiger partial charge in [0, 0.05) is 0 Å². The summed E-state index contributed by atoms with van der Waals surface area (Å²) in [6.07, 6.45) is 1.51. The molecule has 8 heavy (non-hydrogen) atoms. The van der Waals surface area contributed by atoms with Crippen LogP contribution in [0.3, 0.4) is 0 Å². The molecule has 0 unspecified atom stereocenters. The van der Waals surface area contributed by atoms with Gasteiger partial charge in [0.25, 0.3) is 0 Å². The van der Waals surface area contributed by atoms with E-state index in [4.69, 9.17) is 4.84 Å². The van der Waals surface area contributed by atoms with Crippen molar-refractivity contribution in [1.29, 1.82) is 0 Å². The maximum absolute atomic E-state index is 4.78. The zero-order chi connectivity index (χ0) is 5.98. The summed E-state index contributed by atoms with van der Waals surface area (Å²) in [5.74, 6) is 0.757. The highest BCUT2D eigenvalue weighted by atomic mass is 16.6. The van der Waals surface area contributed by atoms with Gasteiger partial charge in [-0.15, -0.1) is 10.2 Å². The van der Waals surface area contributed by atoms with Crippen molar-refractivity contribution in [2.75, 3.05) is 7.11 Å². The molecule has 0 aromatic carbocycles. The van der Waals surface area contributed by atoms with Crippen LogP contribution in [0.5, 0.6) is 0 Å². The minimum atomic E-state index is 0.757. The average molecular weight is 113 g/mol. The Morgan fingerprint density at radius 3 is 2.75 bits per heavy atom. The first-order valence-corrected chi connectivity index (χ1v) is 2.25. The van der Waals surface area contributed by atoms with Gasteiger partial charge in [0.05, 0.1) is 0 Å². The van der Waals surface area contributed by atoms with Crippen molar-refractivity contribution < 1.29 is 4.84 Å². The zero-order valence-electron chi connectivity index (χ0n) is 4.83. The quantitative estimate of drug-likeness (QED) is 0.499. The lowest BCUT2D eigenvalue weighted by molar-refractivity contribution is 0.160. The van der Waals surface area contributed by atoms with E-state index in [1.807, 2.05) is 6.92 Å². The number of hydrogen-bond acceptors (Lipinski definition) is 3. The monoisotopic (exact) mass is 113 g/mol. The van der Waals surface area contributed by atoms with E-state index in [2.05, 4.69) is 10.2 Å². The third-order valence-electron chi connectivity index (χ3n) is 0.875. The summed E-state index contributed by atoms with van der Waals surface area (Å²) in [6, 6.07) is 0. The Morgan fingerprint density at radius 1 is 1.75 bits per heavy atom. The fraction of sp³-hybridized carbons (Fsp3) is 0.500. The molecule has 0 spiro atoms. The van der Waals surface area contributed by atoms with E-state index in [1.54, 1.807) is 7.11 Å². The highest BCUT2D eigenvalue weighted by Gasteiger charge is 1.91. The Hall–Kier alpha value is -1.06. The second-order valence-electron chi connectivity index (χ2n) is 1.39. The maximum atomic E-state index is 4.78. The molecule has 4 heteroatoms. The van der Waals surface area contributed by atoms with E-state index in [1.165, 1.54) is 11.1 Å². The molecule has 0 amide bonds. The maximum Gasteiger partial charge on any atom is 0.166 e. The van der Waals surface area contributed by atoms with Crippen LogP contribution in [0.4, 0.5) is 0 Å². The third-order valence-corrected chi connectivity index (χ3v) is 0.875. The molecular formula is C4H7N3O. The van der Waals surface area contributed by atoms with Crippen molar-refractivity contribution in [1.82, 2.24) is 14.9 Å². The summed E-state index contributed by atoms with van der Waals surface area (Å²) in [5, 5.41) is 7.26. The van der Waals surface area contributed by atoms with Crippen molar-refractivity contribution in [3.8, 4) is 0 Å². The van der Waals surface area contributed by atoms with Crippen LogP contribution in [0, 0.1) is 6.92 Å². The lowest BCUT2D eigenvalue weighted by Gasteiger charge is -1.96. The van der Waals surface area contributed by atoms with Crippen LogP contribution in [0.2, 0.25) is 0 Å². The Bertz CT molecular complexity index is 172. The van der Waals surface area contributed by atoms with Crippen molar-refractivity contribution in [2.24, 2.45) is 0 Å². The van der Waals surface area contributed by atoms with Gasteiger partial charge in [-0.05, 0) is 6.92 Å². The number of rotatable bonds is 1. The van der Waals surface area contributed by atoms with Crippen LogP contribution < -0.4 is 4.84 Å². The van der Waals surface area contributed by atoms with Gasteiger partial charge in [0.1, 0.15) is 7.11 Å². The van der Waals surface area contributed by atoms with Gasteiger partial charge in [-0.2, -0.15) is 4.73 Å². The van der Waals surface area contributed by atoms with Gasteiger partial charge in [-0.3, -0.25) is 0 Å². The van der Waals surface area contributed by atoms with Crippen molar-refractivity contribution >= 4 is 0 Å². The minimum absolute atomic E-state index is 0.757. The topological polar surface area (TPSA) is 39.9 Å². The van der Waals surface area contributed by atoms with Crippen molar-refractivity contribution in [2.45, 2.75) is 6.92 Å². The van der Waals surface area contributed by atoms with Crippen LogP contribution in [0.15, 0.2) is 6.33 Å². The van der Waals surface area contributed by atoms with Crippen LogP contribution in [-0.2, 0) is 0 Å². The molecule has 4 nitrogen and oxygen atoms in total. The molecular weight excluding hydrogens is 106 g/mol. The first kappa shape index (κ1) is 5.08. The third kappa shape index (κ3) is 0.641. The molecule has 0 atom stereocenters. The van der Waals surface area contributed by atoms with Crippen LogP contribution in [-0.4, -0.2) is 22.0 Å². The molecule has 0 aliphatic rings. The second-order valence-corrected chi connectivity index (χ2v) is 1.39. The molecule has 1 heterocycles. The number of hydrogen-bond donors (Lipinski definition) is 0. The fourth-order valence-corrected chi connectivity index (χ4v) is 0.463. The Morgan fingerprint density at radius 2 is 2.50 bits per heavy atom. The molecule has 1 rings (SSSR count). The molecule has 0 saturated carbocycles. The van der Waals surface area contributed by atoms with Crippen LogP contribution in [0.25, 0.3) is 0 Å². The van der Waals surface area contributed by atoms with Gasteiger partial charge < -0.3 is 4.84 Å². The predicted molar refractivity (Wildman–Crippen MR) is 27.3 cm³/mol. The van der Waals surface area contributed by atoms with E-state index in [0.717, 1.165) is 5.82 Å². The molecule has 0 radical (unpaired) electrons. The summed E-state index contributed by atoms with van der Waals surface area (Å²) in [5.41, 5.74) is 0. The first-order valence-electron chi connectivity index (χ1n) is 2.25. The number of aromatic nitrogens is 3. The molecule has 1 aromatic rings. The Labute approximate surface area is 47.1 Å². The predicted octanol–water partition coefficient (Wildman–Crippen LogP) is -0.355. The van der Waals surface area contributed by atoms with E-state index < -0.39 is 0 Å². The highest BCUT2D eigenvalue weighted by Crippen LogP contribution is 1.84. The SMILES string of the molecule is COn1cnnc1C. The summed E-state index contributed by atoms with van der Waals surface area (Å²) in [6.45, 7) is 1.82. The van der Waals surface area contributed by atoms with Gasteiger partial charge in [0.15, 0.2) is 12.2 Å².